The van der Waals surface area contributed by atoms with E-state index in [1.54, 1.807) is 25.3 Å². The van der Waals surface area contributed by atoms with E-state index >= 15 is 0 Å². The normalized spacial score (nSPS) is 13.9. The number of hydrogen-bond donors (Lipinski definition) is 1. The van der Waals surface area contributed by atoms with E-state index in [2.05, 4.69) is 5.32 Å². The summed E-state index contributed by atoms with van der Waals surface area (Å²) in [6.07, 6.45) is 0.491. The molecule has 2 aromatic rings. The minimum absolute atomic E-state index is 0.103. The van der Waals surface area contributed by atoms with Gasteiger partial charge in [-0.3, -0.25) is 24.6 Å². The molecule has 1 heterocycles. The van der Waals surface area contributed by atoms with Gasteiger partial charge in [0.05, 0.1) is 10.5 Å². The summed E-state index contributed by atoms with van der Waals surface area (Å²) < 4.78 is 5.01. The lowest BCUT2D eigenvalue weighted by atomic mass is 10.0. The number of halogens is 1. The lowest BCUT2D eigenvalue weighted by molar-refractivity contribution is -0.384. The first-order chi connectivity index (χ1) is 14.3. The standard InChI is InChI=1S/C21H20ClN3O5/c1-13-4-7-15(12-17(13)22)23-19-18(14-5-8-16(9-6-14)25(28)29)20(26)24(21(19)27)10-3-11-30-2/h4-9,12,23H,3,10-11H2,1-2H3. The first kappa shape index (κ1) is 21.5. The van der Waals surface area contributed by atoms with Gasteiger partial charge >= 0.3 is 0 Å². The van der Waals surface area contributed by atoms with Gasteiger partial charge < -0.3 is 10.1 Å². The van der Waals surface area contributed by atoms with Gasteiger partial charge in [0.2, 0.25) is 0 Å². The number of non-ortho nitro benzene ring substituents is 1. The molecule has 0 spiro atoms. The Bertz CT molecular complexity index is 1030. The highest BCUT2D eigenvalue weighted by Crippen LogP contribution is 2.32. The molecule has 0 aliphatic carbocycles. The fraction of sp³-hybridized carbons (Fsp3) is 0.238. The number of carbonyl (C=O) groups is 2. The summed E-state index contributed by atoms with van der Waals surface area (Å²) in [4.78, 5) is 37.6. The molecular weight excluding hydrogens is 410 g/mol. The maximum Gasteiger partial charge on any atom is 0.278 e. The van der Waals surface area contributed by atoms with E-state index in [0.29, 0.717) is 29.3 Å². The minimum atomic E-state index is -0.524. The molecule has 30 heavy (non-hydrogen) atoms. The van der Waals surface area contributed by atoms with Crippen molar-refractivity contribution in [2.24, 2.45) is 0 Å². The lowest BCUT2D eigenvalue weighted by Gasteiger charge is -2.15. The molecule has 0 saturated carbocycles. The fourth-order valence-electron chi connectivity index (χ4n) is 3.09. The predicted molar refractivity (Wildman–Crippen MR) is 113 cm³/mol. The van der Waals surface area contributed by atoms with E-state index in [0.717, 1.165) is 10.5 Å². The van der Waals surface area contributed by atoms with Crippen LogP contribution in [-0.2, 0) is 14.3 Å². The molecule has 0 atom stereocenters. The highest BCUT2D eigenvalue weighted by molar-refractivity contribution is 6.36. The van der Waals surface area contributed by atoms with Crippen LogP contribution in [0.5, 0.6) is 0 Å². The molecule has 2 amide bonds. The Morgan fingerprint density at radius 2 is 1.83 bits per heavy atom. The van der Waals surface area contributed by atoms with Gasteiger partial charge in [0.15, 0.2) is 0 Å². The topological polar surface area (TPSA) is 102 Å². The summed E-state index contributed by atoms with van der Waals surface area (Å²) in [5.41, 5.74) is 2.00. The Kier molecular flexibility index (Phi) is 6.49. The van der Waals surface area contributed by atoms with Crippen molar-refractivity contribution >= 4 is 40.4 Å². The maximum atomic E-state index is 13.1. The molecule has 1 aliphatic heterocycles. The molecule has 0 saturated heterocycles. The zero-order chi connectivity index (χ0) is 21.8. The smallest absolute Gasteiger partial charge is 0.278 e. The second-order valence-electron chi connectivity index (χ2n) is 6.75. The Balaban J connectivity index is 2.01. The van der Waals surface area contributed by atoms with Crippen LogP contribution in [0.3, 0.4) is 0 Å². The Hall–Kier alpha value is -3.23. The van der Waals surface area contributed by atoms with Crippen molar-refractivity contribution in [2.75, 3.05) is 25.6 Å². The highest BCUT2D eigenvalue weighted by atomic mass is 35.5. The molecule has 3 rings (SSSR count). The van der Waals surface area contributed by atoms with Gasteiger partial charge in [0, 0.05) is 43.1 Å². The zero-order valence-electron chi connectivity index (χ0n) is 16.5. The van der Waals surface area contributed by atoms with Gasteiger partial charge in [-0.05, 0) is 48.7 Å². The van der Waals surface area contributed by atoms with Crippen molar-refractivity contribution in [3.8, 4) is 0 Å². The van der Waals surface area contributed by atoms with Crippen molar-refractivity contribution in [3.05, 3.63) is 74.4 Å². The first-order valence-electron chi connectivity index (χ1n) is 9.21. The van der Waals surface area contributed by atoms with Crippen LogP contribution in [0.1, 0.15) is 17.5 Å². The number of nitrogens with one attached hydrogen (secondary N) is 1. The number of methoxy groups -OCH3 is 1. The minimum Gasteiger partial charge on any atom is -0.385 e. The van der Waals surface area contributed by atoms with E-state index in [9.17, 15) is 19.7 Å². The SMILES string of the molecule is COCCCN1C(=O)C(Nc2ccc(C)c(Cl)c2)=C(c2ccc([N+](=O)[O-])cc2)C1=O. The van der Waals surface area contributed by atoms with E-state index in [-0.39, 0.29) is 23.5 Å². The number of carbonyl (C=O) groups excluding carboxylic acids is 2. The lowest BCUT2D eigenvalue weighted by Crippen LogP contribution is -2.33. The number of rotatable bonds is 8. The largest absolute Gasteiger partial charge is 0.385 e. The van der Waals surface area contributed by atoms with Gasteiger partial charge in [-0.25, -0.2) is 0 Å². The van der Waals surface area contributed by atoms with Crippen LogP contribution in [0.2, 0.25) is 5.02 Å². The molecule has 1 aliphatic rings. The molecule has 8 nitrogen and oxygen atoms in total. The average Bonchev–Trinajstić information content (AvgIpc) is 2.95. The Morgan fingerprint density at radius 1 is 1.13 bits per heavy atom. The summed E-state index contributed by atoms with van der Waals surface area (Å²) in [5.74, 6) is -0.938. The summed E-state index contributed by atoms with van der Waals surface area (Å²) in [7, 11) is 1.54. The predicted octanol–water partition coefficient (Wildman–Crippen LogP) is 3.79. The van der Waals surface area contributed by atoms with Crippen LogP contribution in [0.4, 0.5) is 11.4 Å². The number of nitro benzene ring substituents is 1. The molecule has 0 unspecified atom stereocenters. The van der Waals surface area contributed by atoms with Gasteiger partial charge in [0.25, 0.3) is 17.5 Å². The van der Waals surface area contributed by atoms with E-state index in [4.69, 9.17) is 16.3 Å². The Labute approximate surface area is 178 Å². The van der Waals surface area contributed by atoms with Crippen LogP contribution in [0.25, 0.3) is 5.57 Å². The number of amides is 2. The van der Waals surface area contributed by atoms with Crippen molar-refractivity contribution in [2.45, 2.75) is 13.3 Å². The summed E-state index contributed by atoms with van der Waals surface area (Å²) >= 11 is 6.18. The zero-order valence-corrected chi connectivity index (χ0v) is 17.2. The number of hydrogen-bond acceptors (Lipinski definition) is 6. The second kappa shape index (κ2) is 9.06. The molecular formula is C21H20ClN3O5. The number of ether oxygens (including phenoxy) is 1. The molecule has 0 fully saturated rings. The van der Waals surface area contributed by atoms with Crippen LogP contribution in [-0.4, -0.2) is 41.9 Å². The number of benzene rings is 2. The fourth-order valence-corrected chi connectivity index (χ4v) is 3.28. The van der Waals surface area contributed by atoms with E-state index < -0.39 is 16.7 Å². The number of aryl methyl sites for hydroxylation is 1. The Morgan fingerprint density at radius 3 is 2.43 bits per heavy atom. The first-order valence-corrected chi connectivity index (χ1v) is 9.58. The molecule has 2 aromatic carbocycles. The van der Waals surface area contributed by atoms with Gasteiger partial charge in [-0.15, -0.1) is 0 Å². The van der Waals surface area contributed by atoms with Crippen LogP contribution >= 0.6 is 11.6 Å². The van der Waals surface area contributed by atoms with Crippen molar-refractivity contribution in [3.63, 3.8) is 0 Å². The number of nitro groups is 1. The van der Waals surface area contributed by atoms with Crippen molar-refractivity contribution in [1.29, 1.82) is 0 Å². The molecule has 9 heteroatoms. The second-order valence-corrected chi connectivity index (χ2v) is 7.16. The van der Waals surface area contributed by atoms with E-state index in [1.165, 1.54) is 24.3 Å². The van der Waals surface area contributed by atoms with Gasteiger partial charge in [-0.1, -0.05) is 17.7 Å². The maximum absolute atomic E-state index is 13.1. The van der Waals surface area contributed by atoms with Gasteiger partial charge in [0.1, 0.15) is 5.70 Å². The number of nitrogens with zero attached hydrogens (tertiary/aromatic N) is 2. The van der Waals surface area contributed by atoms with Crippen LogP contribution in [0.15, 0.2) is 48.2 Å². The molecule has 1 N–H and O–H groups in total. The quantitative estimate of drug-likeness (QED) is 0.296. The summed E-state index contributed by atoms with van der Waals surface area (Å²) in [6, 6.07) is 10.7. The summed E-state index contributed by atoms with van der Waals surface area (Å²) in [6.45, 7) is 2.46. The monoisotopic (exact) mass is 429 g/mol. The molecule has 0 radical (unpaired) electrons. The van der Waals surface area contributed by atoms with Crippen LogP contribution in [0, 0.1) is 17.0 Å². The number of imide groups is 1. The third kappa shape index (κ3) is 4.34. The van der Waals surface area contributed by atoms with Crippen LogP contribution < -0.4 is 5.32 Å². The average molecular weight is 430 g/mol. The third-order valence-corrected chi connectivity index (χ3v) is 5.11. The third-order valence-electron chi connectivity index (χ3n) is 4.71. The van der Waals surface area contributed by atoms with Gasteiger partial charge in [-0.2, -0.15) is 0 Å². The molecule has 0 bridgehead atoms. The van der Waals surface area contributed by atoms with Crippen molar-refractivity contribution < 1.29 is 19.2 Å². The molecule has 0 aromatic heterocycles. The molecule has 156 valence electrons. The van der Waals surface area contributed by atoms with E-state index in [1.807, 2.05) is 6.92 Å². The number of anilines is 1. The highest BCUT2D eigenvalue weighted by Gasteiger charge is 2.39. The summed E-state index contributed by atoms with van der Waals surface area (Å²) in [5, 5.41) is 14.5. The van der Waals surface area contributed by atoms with Crippen molar-refractivity contribution in [1.82, 2.24) is 4.90 Å².